The molecule has 2 aromatic rings. The van der Waals surface area contributed by atoms with E-state index in [9.17, 15) is 9.59 Å². The number of benzene rings is 1. The molecule has 0 fully saturated rings. The number of carbonyl (C=O) groups is 2. The molecule has 1 N–H and O–H groups in total. The molecule has 0 saturated carbocycles. The highest BCUT2D eigenvalue weighted by molar-refractivity contribution is 7.15. The average Bonchev–Trinajstić information content (AvgIpc) is 2.95. The Hall–Kier alpha value is -2.48. The number of rotatable bonds is 7. The number of hydrogen-bond acceptors (Lipinski definition) is 7. The minimum atomic E-state index is -0.368. The number of hydrogen-bond donors (Lipinski definition) is 1. The van der Waals surface area contributed by atoms with Crippen LogP contribution in [0.5, 0.6) is 5.75 Å². The third kappa shape index (κ3) is 5.03. The summed E-state index contributed by atoms with van der Waals surface area (Å²) in [4.78, 5) is 23.5. The Morgan fingerprint density at radius 3 is 2.52 bits per heavy atom. The third-order valence-corrected chi connectivity index (χ3v) is 3.55. The van der Waals surface area contributed by atoms with Crippen LogP contribution in [0.25, 0.3) is 0 Å². The topological polar surface area (TPSA) is 90.4 Å². The van der Waals surface area contributed by atoms with E-state index in [1.165, 1.54) is 0 Å². The van der Waals surface area contributed by atoms with E-state index < -0.39 is 0 Å². The molecule has 0 aliphatic carbocycles. The van der Waals surface area contributed by atoms with Gasteiger partial charge in [0.05, 0.1) is 19.6 Å². The van der Waals surface area contributed by atoms with Gasteiger partial charge in [0.25, 0.3) is 5.91 Å². The number of nitrogens with zero attached hydrogens (tertiary/aromatic N) is 2. The number of carbonyl (C=O) groups excluding carboxylic acids is 2. The summed E-state index contributed by atoms with van der Waals surface area (Å²) in [7, 11) is 0. The van der Waals surface area contributed by atoms with Crippen LogP contribution in [0.3, 0.4) is 0 Å². The minimum absolute atomic E-state index is 0.0461. The second-order valence-corrected chi connectivity index (χ2v) is 5.46. The maximum atomic E-state index is 12.1. The molecular formula is C15H17N3O4S. The van der Waals surface area contributed by atoms with Crippen LogP contribution in [0.1, 0.15) is 29.2 Å². The molecule has 0 atom stereocenters. The highest BCUT2D eigenvalue weighted by Crippen LogP contribution is 2.18. The number of amides is 1. The number of anilines is 1. The summed E-state index contributed by atoms with van der Waals surface area (Å²) in [6.07, 6.45) is 0.0461. The normalized spacial score (nSPS) is 10.2. The van der Waals surface area contributed by atoms with Crippen LogP contribution < -0.4 is 10.1 Å². The quantitative estimate of drug-likeness (QED) is 0.781. The highest BCUT2D eigenvalue weighted by Gasteiger charge is 2.13. The Kier molecular flexibility index (Phi) is 6.04. The van der Waals surface area contributed by atoms with Crippen molar-refractivity contribution in [2.45, 2.75) is 20.3 Å². The van der Waals surface area contributed by atoms with E-state index in [0.717, 1.165) is 11.3 Å². The van der Waals surface area contributed by atoms with Crippen molar-refractivity contribution in [3.05, 3.63) is 34.8 Å². The van der Waals surface area contributed by atoms with E-state index >= 15 is 0 Å². The number of nitrogens with one attached hydrogen (secondary N) is 1. The Morgan fingerprint density at radius 1 is 1.13 bits per heavy atom. The maximum Gasteiger partial charge on any atom is 0.312 e. The molecule has 0 aliphatic rings. The molecule has 0 unspecified atom stereocenters. The fourth-order valence-corrected chi connectivity index (χ4v) is 2.47. The molecule has 1 aromatic carbocycles. The molecule has 1 aromatic heterocycles. The molecule has 0 bridgehead atoms. The van der Waals surface area contributed by atoms with Gasteiger partial charge in [-0.15, -0.1) is 10.2 Å². The van der Waals surface area contributed by atoms with Gasteiger partial charge in [0.15, 0.2) is 0 Å². The van der Waals surface area contributed by atoms with Crippen molar-refractivity contribution >= 4 is 28.3 Å². The lowest BCUT2D eigenvalue weighted by Gasteiger charge is -2.04. The van der Waals surface area contributed by atoms with E-state index in [1.54, 1.807) is 31.2 Å². The Labute approximate surface area is 137 Å². The van der Waals surface area contributed by atoms with Gasteiger partial charge in [-0.2, -0.15) is 0 Å². The summed E-state index contributed by atoms with van der Waals surface area (Å²) >= 11 is 1.14. The van der Waals surface area contributed by atoms with Crippen LogP contribution in [0.2, 0.25) is 0 Å². The molecule has 8 heteroatoms. The van der Waals surface area contributed by atoms with Gasteiger partial charge in [-0.3, -0.25) is 14.9 Å². The highest BCUT2D eigenvalue weighted by atomic mass is 32.1. The maximum absolute atomic E-state index is 12.1. The van der Waals surface area contributed by atoms with Gasteiger partial charge in [-0.05, 0) is 38.1 Å². The van der Waals surface area contributed by atoms with Gasteiger partial charge in [0.1, 0.15) is 10.8 Å². The van der Waals surface area contributed by atoms with E-state index in [-0.39, 0.29) is 18.3 Å². The number of esters is 1. The van der Waals surface area contributed by atoms with Gasteiger partial charge in [-0.25, -0.2) is 0 Å². The van der Waals surface area contributed by atoms with Crippen LogP contribution in [0.4, 0.5) is 5.13 Å². The summed E-state index contributed by atoms with van der Waals surface area (Å²) in [5.74, 6) is 0.0385. The molecule has 0 radical (unpaired) electrons. The lowest BCUT2D eigenvalue weighted by molar-refractivity contribution is -0.142. The molecule has 122 valence electrons. The molecule has 0 spiro atoms. The zero-order valence-electron chi connectivity index (χ0n) is 12.9. The fourth-order valence-electron chi connectivity index (χ4n) is 1.75. The molecule has 23 heavy (non-hydrogen) atoms. The summed E-state index contributed by atoms with van der Waals surface area (Å²) in [6, 6.07) is 6.79. The van der Waals surface area contributed by atoms with Crippen molar-refractivity contribution in [3.8, 4) is 5.75 Å². The zero-order chi connectivity index (χ0) is 16.7. The summed E-state index contributed by atoms with van der Waals surface area (Å²) in [6.45, 7) is 4.52. The lowest BCUT2D eigenvalue weighted by atomic mass is 10.2. The fraction of sp³-hybridized carbons (Fsp3) is 0.333. The van der Waals surface area contributed by atoms with Crippen LogP contribution in [0, 0.1) is 0 Å². The van der Waals surface area contributed by atoms with Gasteiger partial charge < -0.3 is 9.47 Å². The minimum Gasteiger partial charge on any atom is -0.494 e. The molecule has 1 heterocycles. The first-order valence-corrected chi connectivity index (χ1v) is 7.96. The first kappa shape index (κ1) is 16.9. The van der Waals surface area contributed by atoms with Crippen molar-refractivity contribution in [2.75, 3.05) is 18.5 Å². The molecule has 0 aliphatic heterocycles. The first-order chi connectivity index (χ1) is 11.1. The SMILES string of the molecule is CCOC(=O)Cc1nnc(NC(=O)c2ccc(OCC)cc2)s1. The zero-order valence-corrected chi connectivity index (χ0v) is 13.7. The standard InChI is InChI=1S/C15H17N3O4S/c1-3-21-11-7-5-10(6-8-11)14(20)16-15-18-17-12(23-15)9-13(19)22-4-2/h5-8H,3-4,9H2,1-2H3,(H,16,18,20). The van der Waals surface area contributed by atoms with Gasteiger partial charge >= 0.3 is 5.97 Å². The monoisotopic (exact) mass is 335 g/mol. The van der Waals surface area contributed by atoms with Gasteiger partial charge in [-0.1, -0.05) is 11.3 Å². The van der Waals surface area contributed by atoms with E-state index in [1.807, 2.05) is 6.92 Å². The lowest BCUT2D eigenvalue weighted by Crippen LogP contribution is -2.11. The Bertz CT molecular complexity index is 670. The molecule has 2 rings (SSSR count). The second-order valence-electron chi connectivity index (χ2n) is 4.39. The first-order valence-electron chi connectivity index (χ1n) is 7.14. The van der Waals surface area contributed by atoms with Crippen molar-refractivity contribution in [1.82, 2.24) is 10.2 Å². The van der Waals surface area contributed by atoms with E-state index in [2.05, 4.69) is 15.5 Å². The molecular weight excluding hydrogens is 318 g/mol. The predicted molar refractivity (Wildman–Crippen MR) is 85.8 cm³/mol. The second kappa shape index (κ2) is 8.23. The Morgan fingerprint density at radius 2 is 1.87 bits per heavy atom. The summed E-state index contributed by atoms with van der Waals surface area (Å²) in [5, 5.41) is 11.2. The van der Waals surface area contributed by atoms with E-state index in [4.69, 9.17) is 9.47 Å². The molecule has 7 nitrogen and oxygen atoms in total. The summed E-state index contributed by atoms with van der Waals surface area (Å²) < 4.78 is 10.2. The number of aromatic nitrogens is 2. The molecule has 1 amide bonds. The van der Waals surface area contributed by atoms with Gasteiger partial charge in [0, 0.05) is 5.56 Å². The van der Waals surface area contributed by atoms with Crippen molar-refractivity contribution in [2.24, 2.45) is 0 Å². The predicted octanol–water partition coefficient (Wildman–Crippen LogP) is 2.29. The van der Waals surface area contributed by atoms with Crippen LogP contribution in [-0.4, -0.2) is 35.3 Å². The van der Waals surface area contributed by atoms with Crippen molar-refractivity contribution < 1.29 is 19.1 Å². The smallest absolute Gasteiger partial charge is 0.312 e. The average molecular weight is 335 g/mol. The largest absolute Gasteiger partial charge is 0.494 e. The summed E-state index contributed by atoms with van der Waals surface area (Å²) in [5.41, 5.74) is 0.482. The molecule has 0 saturated heterocycles. The Balaban J connectivity index is 1.95. The van der Waals surface area contributed by atoms with Gasteiger partial charge in [0.2, 0.25) is 5.13 Å². The van der Waals surface area contributed by atoms with Crippen molar-refractivity contribution in [3.63, 3.8) is 0 Å². The van der Waals surface area contributed by atoms with Crippen LogP contribution in [0.15, 0.2) is 24.3 Å². The van der Waals surface area contributed by atoms with Crippen LogP contribution in [-0.2, 0) is 16.0 Å². The van der Waals surface area contributed by atoms with Crippen LogP contribution >= 0.6 is 11.3 Å². The van der Waals surface area contributed by atoms with Crippen molar-refractivity contribution in [1.29, 1.82) is 0 Å². The van der Waals surface area contributed by atoms with E-state index in [0.29, 0.717) is 34.7 Å². The third-order valence-electron chi connectivity index (χ3n) is 2.72. The number of ether oxygens (including phenoxy) is 2.